The van der Waals surface area contributed by atoms with Crippen LogP contribution in [0, 0.1) is 6.92 Å². The zero-order valence-electron chi connectivity index (χ0n) is 10.9. The van der Waals surface area contributed by atoms with Crippen LogP contribution >= 0.6 is 0 Å². The molecule has 0 saturated heterocycles. The molecule has 0 fully saturated rings. The van der Waals surface area contributed by atoms with E-state index in [0.717, 1.165) is 5.56 Å². The maximum absolute atomic E-state index is 12.0. The number of hydrogen-bond donors (Lipinski definition) is 2. The molecule has 20 heavy (non-hydrogen) atoms. The molecule has 0 aliphatic heterocycles. The second kappa shape index (κ2) is 4.16. The normalized spacial score (nSPS) is 11.1. The lowest BCUT2D eigenvalue weighted by Gasteiger charge is -2.11. The Balaban J connectivity index is 2.69. The number of aromatic hydroxyl groups is 2. The summed E-state index contributed by atoms with van der Waals surface area (Å²) in [5, 5.41) is 21.0. The van der Waals surface area contributed by atoms with E-state index in [-0.39, 0.29) is 28.2 Å². The van der Waals surface area contributed by atoms with Crippen LogP contribution in [-0.2, 0) is 0 Å². The van der Waals surface area contributed by atoms with Gasteiger partial charge in [-0.2, -0.15) is 0 Å². The average Bonchev–Trinajstić information content (AvgIpc) is 2.38. The Bertz CT molecular complexity index is 892. The third kappa shape index (κ3) is 1.53. The number of fused-ring (bicyclic) bond motifs is 3. The maximum atomic E-state index is 12.0. The zero-order valence-corrected chi connectivity index (χ0v) is 10.9. The van der Waals surface area contributed by atoms with Crippen LogP contribution in [0.25, 0.3) is 21.7 Å². The Kier molecular flexibility index (Phi) is 2.57. The fourth-order valence-electron chi connectivity index (χ4n) is 2.49. The van der Waals surface area contributed by atoms with Gasteiger partial charge in [0.15, 0.2) is 11.3 Å². The number of methoxy groups -OCH3 is 1. The lowest BCUT2D eigenvalue weighted by molar-refractivity contribution is 0.369. The van der Waals surface area contributed by atoms with Crippen LogP contribution in [-0.4, -0.2) is 17.3 Å². The molecule has 1 aromatic heterocycles. The van der Waals surface area contributed by atoms with E-state index in [1.165, 1.54) is 19.2 Å². The number of rotatable bonds is 1. The van der Waals surface area contributed by atoms with E-state index in [0.29, 0.717) is 10.8 Å². The van der Waals surface area contributed by atoms with E-state index in [9.17, 15) is 15.0 Å². The monoisotopic (exact) mass is 272 g/mol. The molecule has 3 aromatic rings. The van der Waals surface area contributed by atoms with Crippen LogP contribution in [0.2, 0.25) is 0 Å². The molecule has 0 amide bonds. The average molecular weight is 272 g/mol. The number of hydrogen-bond acceptors (Lipinski definition) is 5. The molecule has 0 spiro atoms. The second-order valence-corrected chi connectivity index (χ2v) is 4.54. The van der Waals surface area contributed by atoms with Crippen molar-refractivity contribution >= 4 is 21.7 Å². The SMILES string of the molecule is COc1c(O)cc(C)c2c1oc(=O)c1c(O)cccc12. The van der Waals surface area contributed by atoms with Crippen LogP contribution in [0.1, 0.15) is 5.56 Å². The van der Waals surface area contributed by atoms with Crippen molar-refractivity contribution in [3.63, 3.8) is 0 Å². The van der Waals surface area contributed by atoms with Crippen molar-refractivity contribution in [2.75, 3.05) is 7.11 Å². The molecule has 0 bridgehead atoms. The van der Waals surface area contributed by atoms with Gasteiger partial charge in [-0.1, -0.05) is 12.1 Å². The van der Waals surface area contributed by atoms with Crippen LogP contribution in [0.3, 0.4) is 0 Å². The molecule has 3 rings (SSSR count). The maximum Gasteiger partial charge on any atom is 0.348 e. The molecule has 2 N–H and O–H groups in total. The Morgan fingerprint density at radius 1 is 1.15 bits per heavy atom. The number of phenolic OH excluding ortho intramolecular Hbond substituents is 2. The number of phenols is 2. The number of aryl methyl sites for hydroxylation is 1. The van der Waals surface area contributed by atoms with Gasteiger partial charge in [0.25, 0.3) is 0 Å². The Labute approximate surface area is 113 Å². The minimum absolute atomic E-state index is 0.0971. The summed E-state index contributed by atoms with van der Waals surface area (Å²) in [5.41, 5.74) is 0.222. The zero-order chi connectivity index (χ0) is 14.4. The van der Waals surface area contributed by atoms with Gasteiger partial charge in [-0.3, -0.25) is 0 Å². The summed E-state index contributed by atoms with van der Waals surface area (Å²) in [7, 11) is 1.39. The molecule has 5 heteroatoms. The van der Waals surface area contributed by atoms with Crippen LogP contribution in [0.4, 0.5) is 0 Å². The lowest BCUT2D eigenvalue weighted by Crippen LogP contribution is -2.02. The van der Waals surface area contributed by atoms with Crippen molar-refractivity contribution in [1.29, 1.82) is 0 Å². The van der Waals surface area contributed by atoms with Gasteiger partial charge >= 0.3 is 5.63 Å². The minimum atomic E-state index is -0.672. The predicted octanol–water partition coefficient (Wildman–Crippen LogP) is 2.67. The van der Waals surface area contributed by atoms with E-state index in [2.05, 4.69) is 0 Å². The van der Waals surface area contributed by atoms with E-state index >= 15 is 0 Å². The molecule has 5 nitrogen and oxygen atoms in total. The molecule has 102 valence electrons. The quantitative estimate of drug-likeness (QED) is 0.526. The molecule has 0 atom stereocenters. The Morgan fingerprint density at radius 2 is 1.90 bits per heavy atom. The van der Waals surface area contributed by atoms with E-state index < -0.39 is 5.63 Å². The van der Waals surface area contributed by atoms with Gasteiger partial charge < -0.3 is 19.4 Å². The first-order valence-corrected chi connectivity index (χ1v) is 5.99. The van der Waals surface area contributed by atoms with Crippen molar-refractivity contribution in [3.8, 4) is 17.2 Å². The first-order valence-electron chi connectivity index (χ1n) is 5.99. The summed E-state index contributed by atoms with van der Waals surface area (Å²) >= 11 is 0. The molecule has 0 aliphatic carbocycles. The topological polar surface area (TPSA) is 79.9 Å². The molecule has 2 aromatic carbocycles. The van der Waals surface area contributed by atoms with Crippen molar-refractivity contribution in [2.45, 2.75) is 6.92 Å². The van der Waals surface area contributed by atoms with Gasteiger partial charge in [0.1, 0.15) is 11.1 Å². The molecular weight excluding hydrogens is 260 g/mol. The molecule has 0 unspecified atom stereocenters. The van der Waals surface area contributed by atoms with Crippen LogP contribution < -0.4 is 10.4 Å². The summed E-state index contributed by atoms with van der Waals surface area (Å²) < 4.78 is 10.3. The van der Waals surface area contributed by atoms with Gasteiger partial charge in [-0.25, -0.2) is 4.79 Å². The van der Waals surface area contributed by atoms with Crippen LogP contribution in [0.15, 0.2) is 33.5 Å². The third-order valence-corrected chi connectivity index (χ3v) is 3.33. The van der Waals surface area contributed by atoms with Gasteiger partial charge in [-0.15, -0.1) is 0 Å². The first kappa shape index (κ1) is 12.3. The number of benzene rings is 2. The highest BCUT2D eigenvalue weighted by Crippen LogP contribution is 2.40. The fraction of sp³-hybridized carbons (Fsp3) is 0.133. The summed E-state index contributed by atoms with van der Waals surface area (Å²) in [6.07, 6.45) is 0. The standard InChI is InChI=1S/C15H12O5/c1-7-6-10(17)13(19-2)14-11(7)8-4-3-5-9(16)12(8)15(18)20-14/h3-6,16-17H,1-2H3. The molecule has 0 saturated carbocycles. The molecule has 0 aliphatic rings. The highest BCUT2D eigenvalue weighted by Gasteiger charge is 2.18. The summed E-state index contributed by atoms with van der Waals surface area (Å²) in [4.78, 5) is 12.0. The summed E-state index contributed by atoms with van der Waals surface area (Å²) in [6, 6.07) is 6.33. The highest BCUT2D eigenvalue weighted by atomic mass is 16.5. The van der Waals surface area contributed by atoms with Gasteiger partial charge in [0.05, 0.1) is 7.11 Å². The summed E-state index contributed by atoms with van der Waals surface area (Å²) in [6.45, 7) is 1.78. The predicted molar refractivity (Wildman–Crippen MR) is 74.6 cm³/mol. The molecule has 1 heterocycles. The smallest absolute Gasteiger partial charge is 0.348 e. The van der Waals surface area contributed by atoms with Gasteiger partial charge in [0, 0.05) is 10.8 Å². The number of ether oxygens (including phenoxy) is 1. The highest BCUT2D eigenvalue weighted by molar-refractivity contribution is 6.10. The van der Waals surface area contributed by atoms with Crippen molar-refractivity contribution in [1.82, 2.24) is 0 Å². The lowest BCUT2D eigenvalue weighted by atomic mass is 10.0. The largest absolute Gasteiger partial charge is 0.507 e. The van der Waals surface area contributed by atoms with Crippen molar-refractivity contribution in [2.24, 2.45) is 0 Å². The summed E-state index contributed by atoms with van der Waals surface area (Å²) in [5.74, 6) is -0.127. The minimum Gasteiger partial charge on any atom is -0.507 e. The van der Waals surface area contributed by atoms with Gasteiger partial charge in [-0.05, 0) is 24.6 Å². The Hall–Kier alpha value is -2.69. The van der Waals surface area contributed by atoms with E-state index in [1.54, 1.807) is 19.1 Å². The second-order valence-electron chi connectivity index (χ2n) is 4.54. The molecule has 0 radical (unpaired) electrons. The molecular formula is C15H12O5. The van der Waals surface area contributed by atoms with Crippen LogP contribution in [0.5, 0.6) is 17.2 Å². The van der Waals surface area contributed by atoms with E-state index in [1.807, 2.05) is 0 Å². The van der Waals surface area contributed by atoms with Crippen molar-refractivity contribution in [3.05, 3.63) is 40.2 Å². The van der Waals surface area contributed by atoms with Crippen molar-refractivity contribution < 1.29 is 19.4 Å². The van der Waals surface area contributed by atoms with Gasteiger partial charge in [0.2, 0.25) is 5.75 Å². The Morgan fingerprint density at radius 3 is 2.60 bits per heavy atom. The fourth-order valence-corrected chi connectivity index (χ4v) is 2.49. The van der Waals surface area contributed by atoms with E-state index in [4.69, 9.17) is 9.15 Å². The first-order chi connectivity index (χ1) is 9.54. The third-order valence-electron chi connectivity index (χ3n) is 3.33.